The molecule has 0 saturated carbocycles. The van der Waals surface area contributed by atoms with E-state index in [0.29, 0.717) is 10.9 Å². The Bertz CT molecular complexity index is 589. The second-order valence-electron chi connectivity index (χ2n) is 5.13. The van der Waals surface area contributed by atoms with E-state index in [0.717, 1.165) is 5.56 Å². The molecular formula is C16H20BrN3O3. The summed E-state index contributed by atoms with van der Waals surface area (Å²) < 4.78 is 0.542. The third kappa shape index (κ3) is 7.10. The first-order valence-electron chi connectivity index (χ1n) is 7.03. The second-order valence-corrected chi connectivity index (χ2v) is 6.25. The summed E-state index contributed by atoms with van der Waals surface area (Å²) >= 11 is 3.14. The van der Waals surface area contributed by atoms with Gasteiger partial charge in [-0.2, -0.15) is 0 Å². The Balaban J connectivity index is 2.83. The number of amides is 3. The standard InChI is InChI=1S/C16H20BrN3O3/c1-10(17)8-13(15(18)22)20-16(23)14(19-11(2)21)9-12-6-4-3-5-7-12/h3-7,13-14H,1,8-9H2,2H3,(H2,18,22)(H,19,21)(H,20,23)/t13-,14+/m0/s1. The lowest BCUT2D eigenvalue weighted by Crippen LogP contribution is -2.53. The number of halogens is 1. The Labute approximate surface area is 143 Å². The van der Waals surface area contributed by atoms with E-state index >= 15 is 0 Å². The van der Waals surface area contributed by atoms with E-state index in [2.05, 4.69) is 33.1 Å². The van der Waals surface area contributed by atoms with Crippen LogP contribution in [0.1, 0.15) is 18.9 Å². The van der Waals surface area contributed by atoms with Crippen LogP contribution in [0.4, 0.5) is 0 Å². The molecule has 0 radical (unpaired) electrons. The summed E-state index contributed by atoms with van der Waals surface area (Å²) in [6.07, 6.45) is 0.492. The van der Waals surface area contributed by atoms with Gasteiger partial charge in [-0.3, -0.25) is 14.4 Å². The molecule has 7 heteroatoms. The molecule has 6 nitrogen and oxygen atoms in total. The van der Waals surface area contributed by atoms with E-state index in [9.17, 15) is 14.4 Å². The Hall–Kier alpha value is -2.15. The van der Waals surface area contributed by atoms with E-state index in [4.69, 9.17) is 5.73 Å². The zero-order valence-corrected chi connectivity index (χ0v) is 14.4. The zero-order chi connectivity index (χ0) is 17.4. The Kier molecular flexibility index (Phi) is 7.47. The first-order chi connectivity index (χ1) is 10.8. The van der Waals surface area contributed by atoms with Crippen molar-refractivity contribution >= 4 is 33.7 Å². The number of primary amides is 1. The molecule has 1 aromatic rings. The molecule has 0 aliphatic heterocycles. The molecule has 3 amide bonds. The normalized spacial score (nSPS) is 12.8. The van der Waals surface area contributed by atoms with Gasteiger partial charge in [-0.05, 0) is 10.0 Å². The molecule has 23 heavy (non-hydrogen) atoms. The monoisotopic (exact) mass is 381 g/mol. The average molecular weight is 382 g/mol. The largest absolute Gasteiger partial charge is 0.368 e. The van der Waals surface area contributed by atoms with Crippen LogP contribution >= 0.6 is 15.9 Å². The summed E-state index contributed by atoms with van der Waals surface area (Å²) in [7, 11) is 0. The minimum atomic E-state index is -0.888. The van der Waals surface area contributed by atoms with Crippen molar-refractivity contribution < 1.29 is 14.4 Å². The maximum Gasteiger partial charge on any atom is 0.243 e. The quantitative estimate of drug-likeness (QED) is 0.625. The van der Waals surface area contributed by atoms with Gasteiger partial charge in [0.15, 0.2) is 0 Å². The van der Waals surface area contributed by atoms with Gasteiger partial charge >= 0.3 is 0 Å². The van der Waals surface area contributed by atoms with E-state index in [1.165, 1.54) is 6.92 Å². The molecule has 2 atom stereocenters. The number of nitrogens with one attached hydrogen (secondary N) is 2. The zero-order valence-electron chi connectivity index (χ0n) is 12.8. The van der Waals surface area contributed by atoms with Crippen molar-refractivity contribution in [1.29, 1.82) is 0 Å². The second kappa shape index (κ2) is 9.09. The lowest BCUT2D eigenvalue weighted by molar-refractivity contribution is -0.130. The molecule has 124 valence electrons. The van der Waals surface area contributed by atoms with E-state index in [1.807, 2.05) is 30.3 Å². The molecule has 4 N–H and O–H groups in total. The predicted molar refractivity (Wildman–Crippen MR) is 91.6 cm³/mol. The summed E-state index contributed by atoms with van der Waals surface area (Å²) in [5.74, 6) is -1.47. The van der Waals surface area contributed by atoms with Gasteiger partial charge in [-0.15, -0.1) is 0 Å². The lowest BCUT2D eigenvalue weighted by Gasteiger charge is -2.21. The fourth-order valence-corrected chi connectivity index (χ4v) is 2.34. The Morgan fingerprint density at radius 2 is 1.78 bits per heavy atom. The lowest BCUT2D eigenvalue weighted by atomic mass is 10.0. The van der Waals surface area contributed by atoms with Gasteiger partial charge in [0.2, 0.25) is 17.7 Å². The highest BCUT2D eigenvalue weighted by atomic mass is 79.9. The van der Waals surface area contributed by atoms with Crippen molar-refractivity contribution in [2.75, 3.05) is 0 Å². The first-order valence-corrected chi connectivity index (χ1v) is 7.83. The van der Waals surface area contributed by atoms with Crippen LogP contribution in [0.3, 0.4) is 0 Å². The van der Waals surface area contributed by atoms with E-state index < -0.39 is 23.9 Å². The first kappa shape index (κ1) is 18.9. The smallest absolute Gasteiger partial charge is 0.243 e. The van der Waals surface area contributed by atoms with Crippen LogP contribution in [-0.4, -0.2) is 29.8 Å². The van der Waals surface area contributed by atoms with Crippen LogP contribution < -0.4 is 16.4 Å². The highest BCUT2D eigenvalue weighted by Crippen LogP contribution is 2.10. The number of carbonyl (C=O) groups excluding carboxylic acids is 3. The van der Waals surface area contributed by atoms with Crippen molar-refractivity contribution in [3.05, 3.63) is 47.0 Å². The van der Waals surface area contributed by atoms with Crippen molar-refractivity contribution in [2.24, 2.45) is 5.73 Å². The summed E-state index contributed by atoms with van der Waals surface area (Å²) in [4.78, 5) is 35.2. The van der Waals surface area contributed by atoms with Gasteiger partial charge in [0.05, 0.1) is 0 Å². The molecule has 0 spiro atoms. The van der Waals surface area contributed by atoms with Gasteiger partial charge in [0, 0.05) is 19.8 Å². The van der Waals surface area contributed by atoms with Crippen LogP contribution in [0, 0.1) is 0 Å². The van der Waals surface area contributed by atoms with Gasteiger partial charge in [-0.25, -0.2) is 0 Å². The van der Waals surface area contributed by atoms with Crippen molar-refractivity contribution in [2.45, 2.75) is 31.8 Å². The highest BCUT2D eigenvalue weighted by Gasteiger charge is 2.25. The van der Waals surface area contributed by atoms with Gasteiger partial charge < -0.3 is 16.4 Å². The molecule has 0 fully saturated rings. The van der Waals surface area contributed by atoms with Crippen LogP contribution in [0.25, 0.3) is 0 Å². The predicted octanol–water partition coefficient (Wildman–Crippen LogP) is 1.00. The maximum atomic E-state index is 12.4. The maximum absolute atomic E-state index is 12.4. The van der Waals surface area contributed by atoms with Gasteiger partial charge in [0.1, 0.15) is 12.1 Å². The van der Waals surface area contributed by atoms with Crippen molar-refractivity contribution in [1.82, 2.24) is 10.6 Å². The molecule has 1 rings (SSSR count). The average Bonchev–Trinajstić information content (AvgIpc) is 2.45. The molecular weight excluding hydrogens is 362 g/mol. The van der Waals surface area contributed by atoms with E-state index in [1.54, 1.807) is 0 Å². The van der Waals surface area contributed by atoms with E-state index in [-0.39, 0.29) is 12.3 Å². The van der Waals surface area contributed by atoms with Crippen molar-refractivity contribution in [3.8, 4) is 0 Å². The number of nitrogens with two attached hydrogens (primary N) is 1. The number of hydrogen-bond donors (Lipinski definition) is 3. The molecule has 0 aromatic heterocycles. The highest BCUT2D eigenvalue weighted by molar-refractivity contribution is 9.11. The van der Waals surface area contributed by atoms with Crippen LogP contribution in [0.5, 0.6) is 0 Å². The van der Waals surface area contributed by atoms with Crippen LogP contribution in [0.15, 0.2) is 41.4 Å². The minimum absolute atomic E-state index is 0.180. The molecule has 0 heterocycles. The van der Waals surface area contributed by atoms with Gasteiger partial charge in [-0.1, -0.05) is 52.8 Å². The summed E-state index contributed by atoms with van der Waals surface area (Å²) in [6.45, 7) is 4.96. The Morgan fingerprint density at radius 1 is 1.17 bits per heavy atom. The number of hydrogen-bond acceptors (Lipinski definition) is 3. The molecule has 0 bridgehead atoms. The number of rotatable bonds is 8. The van der Waals surface area contributed by atoms with Crippen molar-refractivity contribution in [3.63, 3.8) is 0 Å². The Morgan fingerprint density at radius 3 is 2.26 bits per heavy atom. The molecule has 0 unspecified atom stereocenters. The summed E-state index contributed by atoms with van der Waals surface area (Å²) in [5, 5.41) is 5.14. The molecule has 0 aliphatic carbocycles. The number of benzene rings is 1. The SMILES string of the molecule is C=C(Br)C[C@H](NC(=O)[C@@H](Cc1ccccc1)NC(C)=O)C(N)=O. The summed E-state index contributed by atoms with van der Waals surface area (Å²) in [6, 6.07) is 7.59. The fraction of sp³-hybridized carbons (Fsp3) is 0.312. The third-order valence-electron chi connectivity index (χ3n) is 3.06. The topological polar surface area (TPSA) is 101 Å². The fourth-order valence-electron chi connectivity index (χ4n) is 2.02. The molecule has 0 aliphatic rings. The molecule has 1 aromatic carbocycles. The summed E-state index contributed by atoms with van der Waals surface area (Å²) in [5.41, 5.74) is 6.17. The molecule has 0 saturated heterocycles. The minimum Gasteiger partial charge on any atom is -0.368 e. The number of carbonyl (C=O) groups is 3. The van der Waals surface area contributed by atoms with Gasteiger partial charge in [0.25, 0.3) is 0 Å². The van der Waals surface area contributed by atoms with Crippen LogP contribution in [-0.2, 0) is 20.8 Å². The van der Waals surface area contributed by atoms with Crippen LogP contribution in [0.2, 0.25) is 0 Å². The third-order valence-corrected chi connectivity index (χ3v) is 3.39.